The molecule has 0 fully saturated rings. The number of rotatable bonds is 6. The summed E-state index contributed by atoms with van der Waals surface area (Å²) in [5, 5.41) is 7.64. The van der Waals surface area contributed by atoms with Gasteiger partial charge in [0.15, 0.2) is 11.5 Å². The van der Waals surface area contributed by atoms with Crippen molar-refractivity contribution in [2.75, 3.05) is 19.5 Å². The van der Waals surface area contributed by atoms with Gasteiger partial charge in [0.25, 0.3) is 0 Å². The fourth-order valence-electron chi connectivity index (χ4n) is 2.14. The summed E-state index contributed by atoms with van der Waals surface area (Å²) in [5.41, 5.74) is 0.981. The van der Waals surface area contributed by atoms with Gasteiger partial charge in [-0.15, -0.1) is 0 Å². The first-order valence-electron chi connectivity index (χ1n) is 7.18. The van der Waals surface area contributed by atoms with E-state index in [-0.39, 0.29) is 4.90 Å². The Bertz CT molecular complexity index is 907. The van der Waals surface area contributed by atoms with E-state index in [9.17, 15) is 13.2 Å². The second-order valence-corrected chi connectivity index (χ2v) is 6.54. The first-order chi connectivity index (χ1) is 11.8. The van der Waals surface area contributed by atoms with Crippen molar-refractivity contribution >= 4 is 27.7 Å². The molecule has 0 heterocycles. The summed E-state index contributed by atoms with van der Waals surface area (Å²) in [6, 6.07) is 11.0. The lowest BCUT2D eigenvalue weighted by atomic mass is 10.1. The number of hydrogen-bond donors (Lipinski definition) is 2. The normalized spacial score (nSPS) is 11.3. The van der Waals surface area contributed by atoms with E-state index in [0.717, 1.165) is 0 Å². The second-order valence-electron chi connectivity index (χ2n) is 4.98. The fourth-order valence-corrected chi connectivity index (χ4v) is 2.70. The van der Waals surface area contributed by atoms with Gasteiger partial charge >= 0.3 is 0 Å². The number of ether oxygens (including phenoxy) is 2. The molecule has 0 aromatic heterocycles. The number of nitrogens with one attached hydrogen (secondary N) is 1. The molecule has 25 heavy (non-hydrogen) atoms. The third kappa shape index (κ3) is 4.82. The van der Waals surface area contributed by atoms with Crippen molar-refractivity contribution in [1.29, 1.82) is 0 Å². The van der Waals surface area contributed by atoms with E-state index in [1.165, 1.54) is 38.5 Å². The van der Waals surface area contributed by atoms with Crippen LogP contribution in [0.4, 0.5) is 5.69 Å². The Morgan fingerprint density at radius 3 is 2.48 bits per heavy atom. The van der Waals surface area contributed by atoms with Crippen molar-refractivity contribution in [3.63, 3.8) is 0 Å². The topological polar surface area (TPSA) is 108 Å². The van der Waals surface area contributed by atoms with Crippen molar-refractivity contribution in [2.24, 2.45) is 5.14 Å². The lowest BCUT2D eigenvalue weighted by molar-refractivity contribution is -0.111. The molecule has 2 aromatic carbocycles. The van der Waals surface area contributed by atoms with Gasteiger partial charge in [-0.1, -0.05) is 18.2 Å². The van der Waals surface area contributed by atoms with Crippen LogP contribution in [-0.2, 0) is 14.8 Å². The molecule has 0 aliphatic rings. The quantitative estimate of drug-likeness (QED) is 0.764. The van der Waals surface area contributed by atoms with Crippen LogP contribution in [0.1, 0.15) is 5.56 Å². The molecule has 7 nitrogen and oxygen atoms in total. The third-order valence-electron chi connectivity index (χ3n) is 3.28. The van der Waals surface area contributed by atoms with Crippen LogP contribution in [-0.4, -0.2) is 28.5 Å². The van der Waals surface area contributed by atoms with Gasteiger partial charge in [-0.3, -0.25) is 4.79 Å². The lowest BCUT2D eigenvalue weighted by Gasteiger charge is -2.09. The Morgan fingerprint density at radius 1 is 1.12 bits per heavy atom. The maximum absolute atomic E-state index is 12.1. The summed E-state index contributed by atoms with van der Waals surface area (Å²) >= 11 is 0. The number of carbonyl (C=O) groups is 1. The van der Waals surface area contributed by atoms with E-state index in [2.05, 4.69) is 5.32 Å². The number of para-hydroxylation sites is 1. The second kappa shape index (κ2) is 7.82. The Balaban J connectivity index is 2.17. The minimum absolute atomic E-state index is 0.0799. The molecule has 0 bridgehead atoms. The molecule has 132 valence electrons. The molecule has 0 spiro atoms. The zero-order chi connectivity index (χ0) is 18.4. The van der Waals surface area contributed by atoms with Crippen LogP contribution in [0, 0.1) is 0 Å². The molecule has 8 heteroatoms. The minimum Gasteiger partial charge on any atom is -0.493 e. The van der Waals surface area contributed by atoms with Gasteiger partial charge in [0, 0.05) is 17.3 Å². The summed E-state index contributed by atoms with van der Waals surface area (Å²) in [7, 11) is -0.801. The van der Waals surface area contributed by atoms with Crippen LogP contribution >= 0.6 is 0 Å². The van der Waals surface area contributed by atoms with Crippen molar-refractivity contribution in [3.8, 4) is 11.5 Å². The number of anilines is 1. The highest BCUT2D eigenvalue weighted by Gasteiger charge is 2.09. The summed E-state index contributed by atoms with van der Waals surface area (Å²) in [6.45, 7) is 0. The molecule has 0 atom stereocenters. The maximum atomic E-state index is 12.1. The molecular weight excluding hydrogens is 344 g/mol. The molecule has 0 saturated carbocycles. The average Bonchev–Trinajstić information content (AvgIpc) is 2.59. The number of nitrogens with two attached hydrogens (primary N) is 1. The predicted octanol–water partition coefficient (Wildman–Crippen LogP) is 2.00. The first-order valence-corrected chi connectivity index (χ1v) is 8.72. The number of methoxy groups -OCH3 is 2. The van der Waals surface area contributed by atoms with Gasteiger partial charge < -0.3 is 14.8 Å². The van der Waals surface area contributed by atoms with Gasteiger partial charge in [-0.25, -0.2) is 13.6 Å². The summed E-state index contributed by atoms with van der Waals surface area (Å²) < 4.78 is 33.2. The molecule has 2 aromatic rings. The SMILES string of the molecule is COc1cccc(/C=C/C(=O)Nc2cccc(S(N)(=O)=O)c2)c1OC. The zero-order valence-electron chi connectivity index (χ0n) is 13.7. The van der Waals surface area contributed by atoms with E-state index in [1.54, 1.807) is 30.3 Å². The number of hydrogen-bond acceptors (Lipinski definition) is 5. The molecule has 3 N–H and O–H groups in total. The highest BCUT2D eigenvalue weighted by atomic mass is 32.2. The number of amides is 1. The highest BCUT2D eigenvalue weighted by Crippen LogP contribution is 2.31. The predicted molar refractivity (Wildman–Crippen MR) is 95.0 cm³/mol. The largest absolute Gasteiger partial charge is 0.493 e. The van der Waals surface area contributed by atoms with E-state index in [4.69, 9.17) is 14.6 Å². The molecule has 0 radical (unpaired) electrons. The molecule has 0 unspecified atom stereocenters. The Kier molecular flexibility index (Phi) is 5.79. The Hall–Kier alpha value is -2.84. The average molecular weight is 362 g/mol. The molecule has 0 aliphatic heterocycles. The first kappa shape index (κ1) is 18.5. The third-order valence-corrected chi connectivity index (χ3v) is 4.19. The highest BCUT2D eigenvalue weighted by molar-refractivity contribution is 7.89. The molecule has 2 rings (SSSR count). The maximum Gasteiger partial charge on any atom is 0.248 e. The van der Waals surface area contributed by atoms with Crippen molar-refractivity contribution in [2.45, 2.75) is 4.90 Å². The smallest absolute Gasteiger partial charge is 0.248 e. The minimum atomic E-state index is -3.83. The van der Waals surface area contributed by atoms with Crippen molar-refractivity contribution in [1.82, 2.24) is 0 Å². The fraction of sp³-hybridized carbons (Fsp3) is 0.118. The monoisotopic (exact) mass is 362 g/mol. The van der Waals surface area contributed by atoms with Crippen LogP contribution < -0.4 is 19.9 Å². The number of sulfonamides is 1. The van der Waals surface area contributed by atoms with Crippen LogP contribution in [0.15, 0.2) is 53.4 Å². The van der Waals surface area contributed by atoms with Crippen molar-refractivity contribution in [3.05, 3.63) is 54.1 Å². The molecule has 0 saturated heterocycles. The van der Waals surface area contributed by atoms with Gasteiger partial charge in [0.1, 0.15) is 0 Å². The van der Waals surface area contributed by atoms with Gasteiger partial charge in [0.2, 0.25) is 15.9 Å². The van der Waals surface area contributed by atoms with Crippen LogP contribution in [0.3, 0.4) is 0 Å². The van der Waals surface area contributed by atoms with E-state index in [1.807, 2.05) is 0 Å². The van der Waals surface area contributed by atoms with Crippen molar-refractivity contribution < 1.29 is 22.7 Å². The molecule has 1 amide bonds. The molecule has 0 aliphatic carbocycles. The number of primary sulfonamides is 1. The van der Waals surface area contributed by atoms with Crippen LogP contribution in [0.25, 0.3) is 6.08 Å². The van der Waals surface area contributed by atoms with Crippen LogP contribution in [0.2, 0.25) is 0 Å². The lowest BCUT2D eigenvalue weighted by Crippen LogP contribution is -2.13. The van der Waals surface area contributed by atoms with Crippen LogP contribution in [0.5, 0.6) is 11.5 Å². The number of benzene rings is 2. The summed E-state index contributed by atoms with van der Waals surface area (Å²) in [4.78, 5) is 12.0. The standard InChI is InChI=1S/C17H18N2O5S/c1-23-15-8-3-5-12(17(15)24-2)9-10-16(20)19-13-6-4-7-14(11-13)25(18,21)22/h3-11H,1-2H3,(H,19,20)(H2,18,21,22)/b10-9+. The van der Waals surface area contributed by atoms with E-state index in [0.29, 0.717) is 22.7 Å². The zero-order valence-corrected chi connectivity index (χ0v) is 14.5. The summed E-state index contributed by atoms with van der Waals surface area (Å²) in [5.74, 6) is 0.618. The Morgan fingerprint density at radius 2 is 1.84 bits per heavy atom. The van der Waals surface area contributed by atoms with E-state index < -0.39 is 15.9 Å². The van der Waals surface area contributed by atoms with Gasteiger partial charge in [-0.2, -0.15) is 0 Å². The summed E-state index contributed by atoms with van der Waals surface area (Å²) in [6.07, 6.45) is 2.88. The Labute approximate surface area is 146 Å². The number of carbonyl (C=O) groups excluding carboxylic acids is 1. The van der Waals surface area contributed by atoms with E-state index >= 15 is 0 Å². The molecular formula is C17H18N2O5S. The van der Waals surface area contributed by atoms with Gasteiger partial charge in [-0.05, 0) is 30.3 Å². The van der Waals surface area contributed by atoms with Gasteiger partial charge in [0.05, 0.1) is 19.1 Å².